The third kappa shape index (κ3) is 3.02. The van der Waals surface area contributed by atoms with Gasteiger partial charge < -0.3 is 10.5 Å². The molecule has 1 aromatic carbocycles. The van der Waals surface area contributed by atoms with Crippen molar-refractivity contribution in [3.05, 3.63) is 58.7 Å². The summed E-state index contributed by atoms with van der Waals surface area (Å²) in [5, 5.41) is 8.72. The van der Waals surface area contributed by atoms with Crippen LogP contribution in [0.25, 0.3) is 21.7 Å². The maximum atomic E-state index is 14.1. The Hall–Kier alpha value is -3.33. The summed E-state index contributed by atoms with van der Waals surface area (Å²) in [5.41, 5.74) is 12.8. The highest BCUT2D eigenvalue weighted by Gasteiger charge is 2.24. The standard InChI is InChI=1S/C21H19FN6OS/c1-3-28-19-12-6-18(21(23)24-9-12)29-11(2)15-7-13(22)4-5-14(15)20-17(25-10-30-20)8-16(19)26-27-28/h4-7,9-11H,3,8H2,1-2H3,(H2,23,24)/t11-/m1/s1. The number of nitrogens with zero attached hydrogens (tertiary/aromatic N) is 5. The van der Waals surface area contributed by atoms with Crippen LogP contribution in [0.4, 0.5) is 10.2 Å². The van der Waals surface area contributed by atoms with E-state index < -0.39 is 6.10 Å². The Morgan fingerprint density at radius 2 is 2.13 bits per heavy atom. The predicted molar refractivity (Wildman–Crippen MR) is 113 cm³/mol. The van der Waals surface area contributed by atoms with Gasteiger partial charge in [-0.25, -0.2) is 19.0 Å². The molecule has 0 radical (unpaired) electrons. The quantitative estimate of drug-likeness (QED) is 0.493. The van der Waals surface area contributed by atoms with E-state index in [4.69, 9.17) is 10.5 Å². The van der Waals surface area contributed by atoms with Gasteiger partial charge >= 0.3 is 0 Å². The SMILES string of the molecule is CCn1nnc2c1-c1cnc(N)c(c1)O[C@H](C)c1cc(F)ccc1-c1scnc1C2. The minimum atomic E-state index is -0.446. The van der Waals surface area contributed by atoms with Crippen molar-refractivity contribution in [3.8, 4) is 27.4 Å². The number of hydrogen-bond acceptors (Lipinski definition) is 7. The zero-order valence-electron chi connectivity index (χ0n) is 16.5. The normalized spacial score (nSPS) is 15.2. The van der Waals surface area contributed by atoms with Crippen molar-refractivity contribution < 1.29 is 9.13 Å². The van der Waals surface area contributed by atoms with Gasteiger partial charge in [0.2, 0.25) is 0 Å². The summed E-state index contributed by atoms with van der Waals surface area (Å²) in [7, 11) is 0. The molecule has 0 spiro atoms. The average molecular weight is 422 g/mol. The van der Waals surface area contributed by atoms with Crippen molar-refractivity contribution in [2.24, 2.45) is 0 Å². The first-order chi connectivity index (χ1) is 14.5. The first kappa shape index (κ1) is 18.7. The topological polar surface area (TPSA) is 91.7 Å². The Kier molecular flexibility index (Phi) is 4.47. The van der Waals surface area contributed by atoms with Crippen molar-refractivity contribution in [1.82, 2.24) is 25.0 Å². The average Bonchev–Trinajstić information content (AvgIpc) is 3.36. The molecule has 2 bridgehead atoms. The molecule has 0 fully saturated rings. The number of ether oxygens (including phenoxy) is 1. The molecule has 2 N–H and O–H groups in total. The molecule has 3 aromatic heterocycles. The minimum Gasteiger partial charge on any atom is -0.482 e. The molecule has 1 atom stereocenters. The molecule has 9 heteroatoms. The molecule has 0 amide bonds. The fourth-order valence-corrected chi connectivity index (χ4v) is 4.65. The summed E-state index contributed by atoms with van der Waals surface area (Å²) in [6.45, 7) is 4.54. The second kappa shape index (κ2) is 7.17. The number of benzene rings is 1. The van der Waals surface area contributed by atoms with Gasteiger partial charge in [0.15, 0.2) is 11.6 Å². The molecule has 7 nitrogen and oxygen atoms in total. The highest BCUT2D eigenvalue weighted by atomic mass is 32.1. The second-order valence-corrected chi connectivity index (χ2v) is 7.96. The van der Waals surface area contributed by atoms with E-state index in [0.717, 1.165) is 38.6 Å². The molecule has 0 saturated heterocycles. The Labute approximate surface area is 176 Å². The highest BCUT2D eigenvalue weighted by molar-refractivity contribution is 7.13. The number of aryl methyl sites for hydroxylation is 1. The summed E-state index contributed by atoms with van der Waals surface area (Å²) < 4.78 is 22.1. The lowest BCUT2D eigenvalue weighted by molar-refractivity contribution is 0.228. The van der Waals surface area contributed by atoms with Gasteiger partial charge in [-0.05, 0) is 32.0 Å². The van der Waals surface area contributed by atoms with E-state index in [0.29, 0.717) is 18.7 Å². The molecule has 5 rings (SSSR count). The van der Waals surface area contributed by atoms with Crippen molar-refractivity contribution >= 4 is 17.2 Å². The summed E-state index contributed by atoms with van der Waals surface area (Å²) >= 11 is 1.51. The van der Waals surface area contributed by atoms with Gasteiger partial charge in [0.05, 0.1) is 27.5 Å². The van der Waals surface area contributed by atoms with Crippen molar-refractivity contribution in [1.29, 1.82) is 0 Å². The minimum absolute atomic E-state index is 0.274. The Balaban J connectivity index is 1.79. The zero-order valence-corrected chi connectivity index (χ0v) is 17.3. The first-order valence-electron chi connectivity index (χ1n) is 9.62. The first-order valence-corrected chi connectivity index (χ1v) is 10.5. The van der Waals surface area contributed by atoms with Crippen molar-refractivity contribution in [3.63, 3.8) is 0 Å². The molecule has 152 valence electrons. The summed E-state index contributed by atoms with van der Waals surface area (Å²) in [6.07, 6.45) is 1.75. The van der Waals surface area contributed by atoms with E-state index in [9.17, 15) is 4.39 Å². The third-order valence-corrected chi connectivity index (χ3v) is 6.14. The maximum Gasteiger partial charge on any atom is 0.166 e. The molecular weight excluding hydrogens is 403 g/mol. The van der Waals surface area contributed by atoms with Crippen LogP contribution >= 0.6 is 11.3 Å². The van der Waals surface area contributed by atoms with Crippen LogP contribution in [0.15, 0.2) is 36.0 Å². The van der Waals surface area contributed by atoms with E-state index in [-0.39, 0.29) is 11.6 Å². The van der Waals surface area contributed by atoms with Gasteiger partial charge in [-0.3, -0.25) is 0 Å². The largest absolute Gasteiger partial charge is 0.482 e. The van der Waals surface area contributed by atoms with Crippen LogP contribution in [0.1, 0.15) is 36.9 Å². The van der Waals surface area contributed by atoms with E-state index in [2.05, 4.69) is 20.3 Å². The molecule has 0 saturated carbocycles. The van der Waals surface area contributed by atoms with Gasteiger partial charge in [0.1, 0.15) is 11.9 Å². The Morgan fingerprint density at radius 3 is 2.97 bits per heavy atom. The summed E-state index contributed by atoms with van der Waals surface area (Å²) in [4.78, 5) is 9.87. The lowest BCUT2D eigenvalue weighted by Gasteiger charge is -2.20. The van der Waals surface area contributed by atoms with E-state index in [1.807, 2.05) is 24.6 Å². The van der Waals surface area contributed by atoms with Gasteiger partial charge in [-0.15, -0.1) is 16.4 Å². The molecule has 1 aliphatic heterocycles. The lowest BCUT2D eigenvalue weighted by Crippen LogP contribution is -2.09. The maximum absolute atomic E-state index is 14.1. The number of rotatable bonds is 1. The zero-order chi connectivity index (χ0) is 20.8. The summed E-state index contributed by atoms with van der Waals surface area (Å²) in [5.74, 6) is 0.390. The number of hydrogen-bond donors (Lipinski definition) is 1. The van der Waals surface area contributed by atoms with Crippen LogP contribution in [0.5, 0.6) is 5.75 Å². The van der Waals surface area contributed by atoms with Crippen LogP contribution in [0.3, 0.4) is 0 Å². The molecule has 4 heterocycles. The molecule has 1 aliphatic rings. The Bertz CT molecular complexity index is 1250. The fraction of sp³-hybridized carbons (Fsp3) is 0.238. The van der Waals surface area contributed by atoms with Gasteiger partial charge in [-0.2, -0.15) is 0 Å². The van der Waals surface area contributed by atoms with Gasteiger partial charge in [0.25, 0.3) is 0 Å². The number of fused-ring (bicyclic) bond motifs is 7. The smallest absolute Gasteiger partial charge is 0.166 e. The third-order valence-electron chi connectivity index (χ3n) is 5.24. The number of halogens is 1. The van der Waals surface area contributed by atoms with Crippen LogP contribution in [-0.4, -0.2) is 25.0 Å². The van der Waals surface area contributed by atoms with Crippen molar-refractivity contribution in [2.45, 2.75) is 32.9 Å². The van der Waals surface area contributed by atoms with Crippen LogP contribution in [0, 0.1) is 5.82 Å². The van der Waals surface area contributed by atoms with Crippen molar-refractivity contribution in [2.75, 3.05) is 5.73 Å². The fourth-order valence-electron chi connectivity index (χ4n) is 3.79. The molecule has 4 aromatic rings. The lowest BCUT2D eigenvalue weighted by atomic mass is 9.98. The molecule has 30 heavy (non-hydrogen) atoms. The monoisotopic (exact) mass is 422 g/mol. The molecule has 0 aliphatic carbocycles. The van der Waals surface area contributed by atoms with Gasteiger partial charge in [0, 0.05) is 35.9 Å². The Morgan fingerprint density at radius 1 is 1.27 bits per heavy atom. The van der Waals surface area contributed by atoms with Crippen LogP contribution < -0.4 is 10.5 Å². The van der Waals surface area contributed by atoms with E-state index in [1.165, 1.54) is 23.5 Å². The number of thiazole rings is 1. The second-order valence-electron chi connectivity index (χ2n) is 7.10. The van der Waals surface area contributed by atoms with Gasteiger partial charge in [-0.1, -0.05) is 11.3 Å². The van der Waals surface area contributed by atoms with Crippen LogP contribution in [0.2, 0.25) is 0 Å². The summed E-state index contributed by atoms with van der Waals surface area (Å²) in [6, 6.07) is 6.57. The highest BCUT2D eigenvalue weighted by Crippen LogP contribution is 2.39. The van der Waals surface area contributed by atoms with Crippen LogP contribution in [-0.2, 0) is 13.0 Å². The van der Waals surface area contributed by atoms with E-state index in [1.54, 1.807) is 17.8 Å². The molecule has 0 unspecified atom stereocenters. The molecular formula is C21H19FN6OS. The number of pyridine rings is 1. The number of aromatic nitrogens is 5. The number of nitrogens with two attached hydrogens (primary N) is 1. The number of nitrogen functional groups attached to an aromatic ring is 1. The predicted octanol–water partition coefficient (Wildman–Crippen LogP) is 4.25. The number of anilines is 1. The van der Waals surface area contributed by atoms with E-state index >= 15 is 0 Å².